The molecule has 0 aromatic rings. The summed E-state index contributed by atoms with van der Waals surface area (Å²) in [6.07, 6.45) is 0.0129. The van der Waals surface area contributed by atoms with Crippen LogP contribution in [0.1, 0.15) is 6.42 Å². The summed E-state index contributed by atoms with van der Waals surface area (Å²) in [5.74, 6) is -0.962. The molecule has 1 saturated heterocycles. The minimum absolute atomic E-state index is 0.0129. The molecular formula is C9H18N4O2. The van der Waals surface area contributed by atoms with Crippen LogP contribution in [0.25, 0.3) is 0 Å². The average Bonchev–Trinajstić information content (AvgIpc) is 2.15. The number of hydrogen-bond donors (Lipinski definition) is 2. The number of hydrogen-bond acceptors (Lipinski definition) is 4. The van der Waals surface area contributed by atoms with Gasteiger partial charge in [-0.25, -0.2) is 0 Å². The fourth-order valence-electron chi connectivity index (χ4n) is 1.73. The lowest BCUT2D eigenvalue weighted by atomic mass is 10.1. The summed E-state index contributed by atoms with van der Waals surface area (Å²) in [4.78, 5) is 26.1. The molecule has 0 saturated carbocycles. The number of piperazine rings is 1. The molecule has 86 valence electrons. The molecule has 6 nitrogen and oxygen atoms in total. The zero-order valence-corrected chi connectivity index (χ0v) is 8.98. The molecule has 1 heterocycles. The highest BCUT2D eigenvalue weighted by atomic mass is 16.2. The minimum atomic E-state index is -0.545. The van der Waals surface area contributed by atoms with Crippen LogP contribution in [0.2, 0.25) is 0 Å². The molecule has 0 aromatic carbocycles. The maximum atomic E-state index is 11.2. The van der Waals surface area contributed by atoms with Gasteiger partial charge in [0.05, 0.1) is 12.5 Å². The van der Waals surface area contributed by atoms with Crippen LogP contribution < -0.4 is 11.5 Å². The Bertz CT molecular complexity index is 248. The lowest BCUT2D eigenvalue weighted by Crippen LogP contribution is -2.54. The van der Waals surface area contributed by atoms with Crippen LogP contribution in [0.4, 0.5) is 0 Å². The lowest BCUT2D eigenvalue weighted by Gasteiger charge is -2.36. The van der Waals surface area contributed by atoms with Gasteiger partial charge in [-0.3, -0.25) is 14.5 Å². The molecule has 0 spiro atoms. The van der Waals surface area contributed by atoms with Gasteiger partial charge in [0, 0.05) is 26.2 Å². The number of nitrogens with zero attached hydrogens (tertiary/aromatic N) is 2. The Balaban J connectivity index is 2.56. The molecule has 0 radical (unpaired) electrons. The van der Waals surface area contributed by atoms with Crippen molar-refractivity contribution in [2.75, 3.05) is 33.2 Å². The summed E-state index contributed by atoms with van der Waals surface area (Å²) >= 11 is 0. The zero-order chi connectivity index (χ0) is 11.4. The van der Waals surface area contributed by atoms with Crippen molar-refractivity contribution >= 4 is 11.8 Å². The van der Waals surface area contributed by atoms with Crippen molar-refractivity contribution in [3.63, 3.8) is 0 Å². The Morgan fingerprint density at radius 1 is 1.20 bits per heavy atom. The summed E-state index contributed by atoms with van der Waals surface area (Å²) in [5.41, 5.74) is 10.3. The monoisotopic (exact) mass is 214 g/mol. The number of amides is 2. The number of rotatable bonds is 4. The number of nitrogens with two attached hydrogens (primary N) is 2. The van der Waals surface area contributed by atoms with E-state index in [-0.39, 0.29) is 6.42 Å². The smallest absolute Gasteiger partial charge is 0.235 e. The number of likely N-dealkylation sites (N-methyl/N-ethyl adjacent to an activating group) is 1. The van der Waals surface area contributed by atoms with Crippen LogP contribution in [0.15, 0.2) is 0 Å². The molecular weight excluding hydrogens is 196 g/mol. The summed E-state index contributed by atoms with van der Waals surface area (Å²) in [5, 5.41) is 0. The number of carbonyl (C=O) groups is 2. The normalized spacial score (nSPS) is 21.1. The molecule has 1 aliphatic rings. The maximum absolute atomic E-state index is 11.2. The summed E-state index contributed by atoms with van der Waals surface area (Å²) in [6.45, 7) is 3.25. The highest BCUT2D eigenvalue weighted by molar-refractivity contribution is 5.86. The zero-order valence-electron chi connectivity index (χ0n) is 8.98. The third-order valence-electron chi connectivity index (χ3n) is 2.70. The minimum Gasteiger partial charge on any atom is -0.370 e. The summed E-state index contributed by atoms with van der Waals surface area (Å²) < 4.78 is 0. The van der Waals surface area contributed by atoms with Crippen molar-refractivity contribution in [1.82, 2.24) is 9.80 Å². The predicted molar refractivity (Wildman–Crippen MR) is 55.9 cm³/mol. The Morgan fingerprint density at radius 3 is 2.13 bits per heavy atom. The summed E-state index contributed by atoms with van der Waals surface area (Å²) in [7, 11) is 2.02. The van der Waals surface area contributed by atoms with Gasteiger partial charge in [-0.1, -0.05) is 0 Å². The molecule has 15 heavy (non-hydrogen) atoms. The molecule has 1 atom stereocenters. The van der Waals surface area contributed by atoms with Crippen LogP contribution >= 0.6 is 0 Å². The first kappa shape index (κ1) is 11.9. The Hall–Kier alpha value is -1.14. The van der Waals surface area contributed by atoms with Gasteiger partial charge >= 0.3 is 0 Å². The summed E-state index contributed by atoms with van der Waals surface area (Å²) in [6, 6.07) is -0.545. The van der Waals surface area contributed by atoms with Crippen LogP contribution in [-0.4, -0.2) is 60.9 Å². The molecule has 0 aliphatic carbocycles. The topological polar surface area (TPSA) is 92.7 Å². The number of primary amides is 2. The van der Waals surface area contributed by atoms with Gasteiger partial charge in [-0.05, 0) is 7.05 Å². The van der Waals surface area contributed by atoms with Crippen molar-refractivity contribution in [3.05, 3.63) is 0 Å². The van der Waals surface area contributed by atoms with Crippen LogP contribution in [0.5, 0.6) is 0 Å². The maximum Gasteiger partial charge on any atom is 0.235 e. The predicted octanol–water partition coefficient (Wildman–Crippen LogP) is -2.04. The van der Waals surface area contributed by atoms with Gasteiger partial charge in [0.2, 0.25) is 11.8 Å². The average molecular weight is 214 g/mol. The van der Waals surface area contributed by atoms with E-state index in [4.69, 9.17) is 11.5 Å². The molecule has 1 aliphatic heterocycles. The second kappa shape index (κ2) is 5.09. The van der Waals surface area contributed by atoms with Gasteiger partial charge in [0.15, 0.2) is 0 Å². The van der Waals surface area contributed by atoms with Gasteiger partial charge < -0.3 is 16.4 Å². The third kappa shape index (κ3) is 3.49. The second-order valence-electron chi connectivity index (χ2n) is 3.93. The van der Waals surface area contributed by atoms with E-state index in [2.05, 4.69) is 4.90 Å². The molecule has 1 fully saturated rings. The molecule has 0 bridgehead atoms. The van der Waals surface area contributed by atoms with Gasteiger partial charge in [0.25, 0.3) is 0 Å². The molecule has 1 rings (SSSR count). The van der Waals surface area contributed by atoms with Gasteiger partial charge in [-0.2, -0.15) is 0 Å². The molecule has 2 amide bonds. The Labute approximate surface area is 89.2 Å². The first-order valence-corrected chi connectivity index (χ1v) is 5.01. The third-order valence-corrected chi connectivity index (χ3v) is 2.70. The highest BCUT2D eigenvalue weighted by Crippen LogP contribution is 2.07. The van der Waals surface area contributed by atoms with E-state index in [0.717, 1.165) is 26.2 Å². The van der Waals surface area contributed by atoms with Gasteiger partial charge in [0.1, 0.15) is 0 Å². The SMILES string of the molecule is CN1CCN(C(CC(N)=O)C(N)=O)CC1. The fraction of sp³-hybridized carbons (Fsp3) is 0.778. The first-order valence-electron chi connectivity index (χ1n) is 5.01. The largest absolute Gasteiger partial charge is 0.370 e. The van der Waals surface area contributed by atoms with Gasteiger partial charge in [-0.15, -0.1) is 0 Å². The Kier molecular flexibility index (Phi) is 4.05. The highest BCUT2D eigenvalue weighted by Gasteiger charge is 2.27. The van der Waals surface area contributed by atoms with E-state index in [1.165, 1.54) is 0 Å². The quantitative estimate of drug-likeness (QED) is 0.564. The number of carbonyl (C=O) groups excluding carboxylic acids is 2. The first-order chi connectivity index (χ1) is 7.00. The lowest BCUT2D eigenvalue weighted by molar-refractivity contribution is -0.129. The van der Waals surface area contributed by atoms with E-state index < -0.39 is 17.9 Å². The van der Waals surface area contributed by atoms with Crippen LogP contribution in [0, 0.1) is 0 Å². The van der Waals surface area contributed by atoms with E-state index in [9.17, 15) is 9.59 Å². The second-order valence-corrected chi connectivity index (χ2v) is 3.93. The van der Waals surface area contributed by atoms with Crippen molar-refractivity contribution in [2.45, 2.75) is 12.5 Å². The Morgan fingerprint density at radius 2 is 1.73 bits per heavy atom. The van der Waals surface area contributed by atoms with Crippen molar-refractivity contribution in [1.29, 1.82) is 0 Å². The molecule has 4 N–H and O–H groups in total. The van der Waals surface area contributed by atoms with Crippen molar-refractivity contribution in [2.24, 2.45) is 11.5 Å². The fourth-order valence-corrected chi connectivity index (χ4v) is 1.73. The van der Waals surface area contributed by atoms with E-state index in [0.29, 0.717) is 0 Å². The van der Waals surface area contributed by atoms with E-state index in [1.54, 1.807) is 0 Å². The van der Waals surface area contributed by atoms with E-state index >= 15 is 0 Å². The van der Waals surface area contributed by atoms with Crippen molar-refractivity contribution in [3.8, 4) is 0 Å². The molecule has 6 heteroatoms. The van der Waals surface area contributed by atoms with Crippen LogP contribution in [0.3, 0.4) is 0 Å². The van der Waals surface area contributed by atoms with Crippen molar-refractivity contribution < 1.29 is 9.59 Å². The van der Waals surface area contributed by atoms with E-state index in [1.807, 2.05) is 11.9 Å². The van der Waals surface area contributed by atoms with Crippen LogP contribution in [-0.2, 0) is 9.59 Å². The molecule has 0 aromatic heterocycles. The molecule has 1 unspecified atom stereocenters. The standard InChI is InChI=1S/C9H18N4O2/c1-12-2-4-13(5-3-12)7(9(11)15)6-8(10)14/h7H,2-6H2,1H3,(H2,10,14)(H2,11,15).